The highest BCUT2D eigenvalue weighted by molar-refractivity contribution is 7.11. The Labute approximate surface area is 155 Å². The molecule has 1 N–H and O–H groups in total. The summed E-state index contributed by atoms with van der Waals surface area (Å²) in [6, 6.07) is 14.1. The first kappa shape index (κ1) is 16.4. The molecule has 0 atom stereocenters. The molecule has 0 bridgehead atoms. The average molecular weight is 357 g/mol. The Kier molecular flexibility index (Phi) is 4.45. The van der Waals surface area contributed by atoms with Gasteiger partial charge >= 0.3 is 0 Å². The molecule has 0 spiro atoms. The minimum atomic E-state index is -0.234. The molecule has 0 saturated heterocycles. The molecule has 2 aromatic carbocycles. The molecule has 1 radical (unpaired) electrons. The van der Waals surface area contributed by atoms with Gasteiger partial charge in [-0.3, -0.25) is 14.8 Å². The summed E-state index contributed by atoms with van der Waals surface area (Å²) in [7, 11) is 1.99. The Morgan fingerprint density at radius 3 is 2.65 bits per heavy atom. The Hall–Kier alpha value is -3.06. The van der Waals surface area contributed by atoms with Gasteiger partial charge in [0.1, 0.15) is 4.88 Å². The summed E-state index contributed by atoms with van der Waals surface area (Å²) >= 11 is 1.28. The standard InChI is InChI=1S/C19H14BN4OS/c1-20-14-8-7-13(12-5-3-2-4-6-12)17-18(14)23-16(10-22-17)24-19(25)15-9-21-11-26-15/h2-11H,1H3,(H,23,24,25). The van der Waals surface area contributed by atoms with Crippen molar-refractivity contribution in [2.45, 2.75) is 6.82 Å². The fourth-order valence-electron chi connectivity index (χ4n) is 2.77. The van der Waals surface area contributed by atoms with Gasteiger partial charge in [-0.15, -0.1) is 11.3 Å². The van der Waals surface area contributed by atoms with E-state index >= 15 is 0 Å². The molecule has 4 aromatic rings. The topological polar surface area (TPSA) is 67.8 Å². The lowest BCUT2D eigenvalue weighted by Crippen LogP contribution is -2.16. The molecular weight excluding hydrogens is 343 g/mol. The average Bonchev–Trinajstić information content (AvgIpc) is 3.23. The van der Waals surface area contributed by atoms with Crippen LogP contribution >= 0.6 is 11.3 Å². The molecule has 125 valence electrons. The minimum Gasteiger partial charge on any atom is -0.304 e. The summed E-state index contributed by atoms with van der Waals surface area (Å²) in [5.41, 5.74) is 6.26. The molecule has 7 heteroatoms. The van der Waals surface area contributed by atoms with E-state index in [4.69, 9.17) is 0 Å². The summed E-state index contributed by atoms with van der Waals surface area (Å²) in [5, 5.41) is 2.79. The van der Waals surface area contributed by atoms with Crippen LogP contribution in [-0.2, 0) is 0 Å². The van der Waals surface area contributed by atoms with Crippen LogP contribution in [0.25, 0.3) is 22.2 Å². The predicted octanol–water partition coefficient (Wildman–Crippen LogP) is 3.38. The summed E-state index contributed by atoms with van der Waals surface area (Å²) in [5.74, 6) is 0.187. The third kappa shape index (κ3) is 3.09. The van der Waals surface area contributed by atoms with Crippen molar-refractivity contribution < 1.29 is 4.79 Å². The Bertz CT molecular complexity index is 1070. The highest BCUT2D eigenvalue weighted by atomic mass is 32.1. The number of carbonyl (C=O) groups excluding carboxylic acids is 1. The van der Waals surface area contributed by atoms with Gasteiger partial charge < -0.3 is 5.32 Å². The number of fused-ring (bicyclic) bond motifs is 1. The zero-order chi connectivity index (χ0) is 17.9. The molecule has 5 nitrogen and oxygen atoms in total. The van der Waals surface area contributed by atoms with Crippen molar-refractivity contribution in [1.82, 2.24) is 15.0 Å². The van der Waals surface area contributed by atoms with E-state index in [9.17, 15) is 4.79 Å². The number of carbonyl (C=O) groups is 1. The van der Waals surface area contributed by atoms with E-state index in [1.54, 1.807) is 11.7 Å². The van der Waals surface area contributed by atoms with E-state index in [-0.39, 0.29) is 5.91 Å². The van der Waals surface area contributed by atoms with Crippen LogP contribution in [0.4, 0.5) is 5.82 Å². The van der Waals surface area contributed by atoms with E-state index in [2.05, 4.69) is 26.3 Å². The second-order valence-electron chi connectivity index (χ2n) is 5.63. The molecule has 0 aliphatic carbocycles. The summed E-state index contributed by atoms with van der Waals surface area (Å²) in [6.07, 6.45) is 3.13. The predicted molar refractivity (Wildman–Crippen MR) is 106 cm³/mol. The Morgan fingerprint density at radius 2 is 1.92 bits per heavy atom. The molecule has 0 unspecified atom stereocenters. The minimum absolute atomic E-state index is 0.234. The second kappa shape index (κ2) is 7.05. The Morgan fingerprint density at radius 1 is 1.08 bits per heavy atom. The van der Waals surface area contributed by atoms with Gasteiger partial charge in [0.05, 0.1) is 28.9 Å². The van der Waals surface area contributed by atoms with E-state index in [0.717, 1.165) is 27.6 Å². The van der Waals surface area contributed by atoms with Gasteiger partial charge in [-0.05, 0) is 5.56 Å². The van der Waals surface area contributed by atoms with Gasteiger partial charge in [0, 0.05) is 5.56 Å². The van der Waals surface area contributed by atoms with Gasteiger partial charge in [0.2, 0.25) is 0 Å². The van der Waals surface area contributed by atoms with Crippen LogP contribution in [0, 0.1) is 0 Å². The van der Waals surface area contributed by atoms with Crippen LogP contribution in [0.1, 0.15) is 9.67 Å². The monoisotopic (exact) mass is 357 g/mol. The van der Waals surface area contributed by atoms with Crippen LogP contribution in [0.15, 0.2) is 60.4 Å². The van der Waals surface area contributed by atoms with Gasteiger partial charge in [0.15, 0.2) is 13.1 Å². The van der Waals surface area contributed by atoms with Gasteiger partial charge in [0.25, 0.3) is 5.91 Å². The van der Waals surface area contributed by atoms with Crippen molar-refractivity contribution in [2.75, 3.05) is 5.32 Å². The zero-order valence-electron chi connectivity index (χ0n) is 14.0. The lowest BCUT2D eigenvalue weighted by Gasteiger charge is -2.11. The fourth-order valence-corrected chi connectivity index (χ4v) is 3.28. The molecule has 2 aromatic heterocycles. The first-order valence-electron chi connectivity index (χ1n) is 8.10. The van der Waals surface area contributed by atoms with Crippen molar-refractivity contribution in [3.8, 4) is 11.1 Å². The number of amides is 1. The quantitative estimate of drug-likeness (QED) is 0.569. The molecular formula is C19H14BN4OS. The third-order valence-electron chi connectivity index (χ3n) is 4.02. The number of anilines is 1. The summed E-state index contributed by atoms with van der Waals surface area (Å²) < 4.78 is 0. The van der Waals surface area contributed by atoms with E-state index in [1.165, 1.54) is 17.5 Å². The molecule has 0 aliphatic heterocycles. The van der Waals surface area contributed by atoms with Crippen molar-refractivity contribution in [3.05, 3.63) is 65.2 Å². The number of benzene rings is 2. The van der Waals surface area contributed by atoms with Gasteiger partial charge in [-0.2, -0.15) is 0 Å². The smallest absolute Gasteiger partial charge is 0.268 e. The maximum atomic E-state index is 12.2. The van der Waals surface area contributed by atoms with E-state index in [0.29, 0.717) is 10.7 Å². The molecule has 26 heavy (non-hydrogen) atoms. The van der Waals surface area contributed by atoms with Crippen LogP contribution in [0.3, 0.4) is 0 Å². The maximum Gasteiger partial charge on any atom is 0.268 e. The largest absolute Gasteiger partial charge is 0.304 e. The Balaban J connectivity index is 1.78. The number of hydrogen-bond acceptors (Lipinski definition) is 5. The SMILES string of the molecule is C[B]c1ccc(-c2ccccc2)c2ncc(NC(=O)c3cncs3)nc12. The van der Waals surface area contributed by atoms with Gasteiger partial charge in [-0.1, -0.05) is 54.8 Å². The normalized spacial score (nSPS) is 10.7. The van der Waals surface area contributed by atoms with Crippen molar-refractivity contribution in [3.63, 3.8) is 0 Å². The van der Waals surface area contributed by atoms with Crippen LogP contribution in [-0.4, -0.2) is 28.1 Å². The van der Waals surface area contributed by atoms with Crippen LogP contribution < -0.4 is 10.8 Å². The second-order valence-corrected chi connectivity index (χ2v) is 6.52. The molecule has 0 fully saturated rings. The highest BCUT2D eigenvalue weighted by Crippen LogP contribution is 2.26. The first-order chi connectivity index (χ1) is 12.8. The van der Waals surface area contributed by atoms with E-state index < -0.39 is 0 Å². The number of aromatic nitrogens is 3. The summed E-state index contributed by atoms with van der Waals surface area (Å²) in [4.78, 5) is 25.9. The van der Waals surface area contributed by atoms with Crippen molar-refractivity contribution >= 4 is 46.8 Å². The molecule has 0 aliphatic rings. The molecule has 4 rings (SSSR count). The molecule has 1 amide bonds. The molecule has 0 saturated carbocycles. The highest BCUT2D eigenvalue weighted by Gasteiger charge is 2.13. The number of rotatable bonds is 4. The first-order valence-corrected chi connectivity index (χ1v) is 8.98. The lowest BCUT2D eigenvalue weighted by atomic mass is 9.72. The van der Waals surface area contributed by atoms with Crippen LogP contribution in [0.5, 0.6) is 0 Å². The lowest BCUT2D eigenvalue weighted by molar-refractivity contribution is 0.103. The van der Waals surface area contributed by atoms with E-state index in [1.807, 2.05) is 50.5 Å². The maximum absolute atomic E-state index is 12.2. The third-order valence-corrected chi connectivity index (χ3v) is 4.80. The van der Waals surface area contributed by atoms with Crippen molar-refractivity contribution in [2.24, 2.45) is 0 Å². The zero-order valence-corrected chi connectivity index (χ0v) is 14.8. The number of nitrogens with one attached hydrogen (secondary N) is 1. The number of thiazole rings is 1. The van der Waals surface area contributed by atoms with Crippen LogP contribution in [0.2, 0.25) is 6.82 Å². The van der Waals surface area contributed by atoms with Gasteiger partial charge in [-0.25, -0.2) is 4.98 Å². The fraction of sp³-hybridized carbons (Fsp3) is 0.0526. The number of nitrogens with zero attached hydrogens (tertiary/aromatic N) is 3. The molecule has 2 heterocycles. The summed E-state index contributed by atoms with van der Waals surface area (Å²) in [6.45, 7) is 1.96. The van der Waals surface area contributed by atoms with Crippen molar-refractivity contribution in [1.29, 1.82) is 0 Å². The number of hydrogen-bond donors (Lipinski definition) is 1.